The third kappa shape index (κ3) is 1.74. The molecule has 2 saturated heterocycles. The Kier molecular flexibility index (Phi) is 2.92. The summed E-state index contributed by atoms with van der Waals surface area (Å²) in [5, 5.41) is 0.724. The Hall–Kier alpha value is -1.84. The second-order valence-corrected chi connectivity index (χ2v) is 7.42. The zero-order valence-corrected chi connectivity index (χ0v) is 14.2. The van der Waals surface area contributed by atoms with E-state index in [1.54, 1.807) is 0 Å². The van der Waals surface area contributed by atoms with Crippen molar-refractivity contribution in [1.82, 2.24) is 4.90 Å². The molecule has 0 bridgehead atoms. The van der Waals surface area contributed by atoms with E-state index in [1.807, 2.05) is 30.0 Å². The predicted molar refractivity (Wildman–Crippen MR) is 91.7 cm³/mol. The summed E-state index contributed by atoms with van der Waals surface area (Å²) in [5.74, 6) is 0.177. The second kappa shape index (κ2) is 4.84. The summed E-state index contributed by atoms with van der Waals surface area (Å²) >= 11 is 6.36. The van der Waals surface area contributed by atoms with Crippen LogP contribution in [0.25, 0.3) is 0 Å². The summed E-state index contributed by atoms with van der Waals surface area (Å²) < 4.78 is 6.58. The van der Waals surface area contributed by atoms with Gasteiger partial charge in [-0.3, -0.25) is 4.79 Å². The fourth-order valence-electron chi connectivity index (χ4n) is 4.60. The maximum absolute atomic E-state index is 12.8. The average molecular weight is 340 g/mol. The summed E-state index contributed by atoms with van der Waals surface area (Å²) in [7, 11) is 0. The number of carbonyl (C=O) groups is 1. The number of amides is 1. The molecule has 0 saturated carbocycles. The van der Waals surface area contributed by atoms with Gasteiger partial charge in [0.15, 0.2) is 5.72 Å². The standard InChI is InChI=1S/C20H18ClNO2/c1-12-6-7-14(11-16(12)21)20-9-8-18(23)22(20)19-15-5-3-2-4-13(15)10-17(19)24-20/h2-7,11,17,19H,8-10H2,1H3/t17-,19-,20+/m0/s1. The van der Waals surface area contributed by atoms with Gasteiger partial charge in [0, 0.05) is 29.8 Å². The minimum absolute atomic E-state index is 0.0243. The molecule has 3 aliphatic rings. The van der Waals surface area contributed by atoms with Gasteiger partial charge in [0.05, 0.1) is 12.1 Å². The molecule has 1 aliphatic carbocycles. The van der Waals surface area contributed by atoms with Crippen LogP contribution in [0.1, 0.15) is 41.1 Å². The van der Waals surface area contributed by atoms with Crippen LogP contribution in [0.3, 0.4) is 0 Å². The van der Waals surface area contributed by atoms with Crippen molar-refractivity contribution < 1.29 is 9.53 Å². The smallest absolute Gasteiger partial charge is 0.225 e. The molecule has 0 aromatic heterocycles. The predicted octanol–water partition coefficient (Wildman–Crippen LogP) is 4.12. The van der Waals surface area contributed by atoms with Crippen molar-refractivity contribution in [1.29, 1.82) is 0 Å². The SMILES string of the molecule is Cc1ccc([C@]23CCC(=O)N2[C@H]2c4ccccc4C[C@@H]2O3)cc1Cl. The molecule has 0 N–H and O–H groups in total. The first-order chi connectivity index (χ1) is 11.6. The van der Waals surface area contributed by atoms with Crippen molar-refractivity contribution in [3.8, 4) is 0 Å². The largest absolute Gasteiger partial charge is 0.345 e. The highest BCUT2D eigenvalue weighted by molar-refractivity contribution is 6.31. The lowest BCUT2D eigenvalue weighted by Crippen LogP contribution is -2.40. The molecular weight excluding hydrogens is 322 g/mol. The molecule has 0 spiro atoms. The number of benzene rings is 2. The lowest BCUT2D eigenvalue weighted by atomic mass is 9.98. The Bertz CT molecular complexity index is 864. The molecule has 1 amide bonds. The van der Waals surface area contributed by atoms with Crippen LogP contribution in [0.5, 0.6) is 0 Å². The van der Waals surface area contributed by atoms with Crippen molar-refractivity contribution in [2.45, 2.75) is 44.1 Å². The normalized spacial score (nSPS) is 30.4. The van der Waals surface area contributed by atoms with Crippen LogP contribution in [-0.2, 0) is 21.7 Å². The number of rotatable bonds is 1. The highest BCUT2D eigenvalue weighted by Gasteiger charge is 2.61. The monoisotopic (exact) mass is 339 g/mol. The van der Waals surface area contributed by atoms with Crippen LogP contribution in [-0.4, -0.2) is 16.9 Å². The van der Waals surface area contributed by atoms with E-state index < -0.39 is 5.72 Å². The second-order valence-electron chi connectivity index (χ2n) is 7.02. The number of ether oxygens (including phenoxy) is 1. The van der Waals surface area contributed by atoms with E-state index in [4.69, 9.17) is 16.3 Å². The molecule has 4 heteroatoms. The molecule has 3 atom stereocenters. The van der Waals surface area contributed by atoms with Gasteiger partial charge in [-0.25, -0.2) is 0 Å². The number of carbonyl (C=O) groups excluding carboxylic acids is 1. The van der Waals surface area contributed by atoms with Crippen molar-refractivity contribution in [3.05, 3.63) is 69.7 Å². The van der Waals surface area contributed by atoms with Crippen LogP contribution in [0.2, 0.25) is 5.02 Å². The number of nitrogens with zero attached hydrogens (tertiary/aromatic N) is 1. The molecule has 2 aliphatic heterocycles. The van der Waals surface area contributed by atoms with Crippen LogP contribution in [0.4, 0.5) is 0 Å². The molecular formula is C20H18ClNO2. The highest BCUT2D eigenvalue weighted by atomic mass is 35.5. The lowest BCUT2D eigenvalue weighted by molar-refractivity contribution is -0.141. The summed E-state index contributed by atoms with van der Waals surface area (Å²) in [6.07, 6.45) is 2.12. The van der Waals surface area contributed by atoms with E-state index in [2.05, 4.69) is 24.3 Å². The molecule has 122 valence electrons. The first-order valence-corrected chi connectivity index (χ1v) is 8.82. The fraction of sp³-hybridized carbons (Fsp3) is 0.350. The van der Waals surface area contributed by atoms with Gasteiger partial charge in [0.2, 0.25) is 5.91 Å². The van der Waals surface area contributed by atoms with Gasteiger partial charge in [-0.15, -0.1) is 0 Å². The average Bonchev–Trinajstić information content (AvgIpc) is 3.18. The van der Waals surface area contributed by atoms with Crippen LogP contribution in [0.15, 0.2) is 42.5 Å². The zero-order chi connectivity index (χ0) is 16.5. The van der Waals surface area contributed by atoms with E-state index >= 15 is 0 Å². The first kappa shape index (κ1) is 14.5. The number of aryl methyl sites for hydroxylation is 1. The third-order valence-corrected chi connectivity index (χ3v) is 6.14. The van der Waals surface area contributed by atoms with Gasteiger partial charge < -0.3 is 9.64 Å². The Balaban J connectivity index is 1.66. The number of hydrogen-bond donors (Lipinski definition) is 0. The van der Waals surface area contributed by atoms with E-state index in [9.17, 15) is 4.79 Å². The first-order valence-electron chi connectivity index (χ1n) is 8.44. The van der Waals surface area contributed by atoms with E-state index in [0.29, 0.717) is 12.8 Å². The minimum atomic E-state index is -0.655. The lowest BCUT2D eigenvalue weighted by Gasteiger charge is -2.34. The van der Waals surface area contributed by atoms with Gasteiger partial charge in [-0.1, -0.05) is 48.0 Å². The number of halogens is 1. The molecule has 0 radical (unpaired) electrons. The van der Waals surface area contributed by atoms with Crippen LogP contribution >= 0.6 is 11.6 Å². The molecule has 0 unspecified atom stereocenters. The van der Waals surface area contributed by atoms with Crippen molar-refractivity contribution >= 4 is 17.5 Å². The zero-order valence-electron chi connectivity index (χ0n) is 13.5. The summed E-state index contributed by atoms with van der Waals surface area (Å²) in [5.41, 5.74) is 3.91. The van der Waals surface area contributed by atoms with Gasteiger partial charge in [0.1, 0.15) is 0 Å². The highest BCUT2D eigenvalue weighted by Crippen LogP contribution is 2.57. The minimum Gasteiger partial charge on any atom is -0.345 e. The van der Waals surface area contributed by atoms with Gasteiger partial charge in [0.25, 0.3) is 0 Å². The Morgan fingerprint density at radius 2 is 2.08 bits per heavy atom. The maximum Gasteiger partial charge on any atom is 0.225 e. The molecule has 2 aromatic carbocycles. The van der Waals surface area contributed by atoms with E-state index in [-0.39, 0.29) is 18.1 Å². The van der Waals surface area contributed by atoms with Crippen LogP contribution < -0.4 is 0 Å². The topological polar surface area (TPSA) is 29.5 Å². The molecule has 24 heavy (non-hydrogen) atoms. The molecule has 2 heterocycles. The van der Waals surface area contributed by atoms with E-state index in [1.165, 1.54) is 11.1 Å². The third-order valence-electron chi connectivity index (χ3n) is 5.73. The maximum atomic E-state index is 12.8. The van der Waals surface area contributed by atoms with Gasteiger partial charge in [-0.05, 0) is 29.7 Å². The number of hydrogen-bond acceptors (Lipinski definition) is 2. The molecule has 2 fully saturated rings. The Morgan fingerprint density at radius 3 is 2.92 bits per heavy atom. The summed E-state index contributed by atoms with van der Waals surface area (Å²) in [4.78, 5) is 14.7. The Labute approximate surface area is 146 Å². The number of fused-ring (bicyclic) bond motifs is 5. The van der Waals surface area contributed by atoms with Crippen LogP contribution in [0, 0.1) is 6.92 Å². The van der Waals surface area contributed by atoms with E-state index in [0.717, 1.165) is 22.6 Å². The van der Waals surface area contributed by atoms with Crippen molar-refractivity contribution in [3.63, 3.8) is 0 Å². The summed E-state index contributed by atoms with van der Waals surface area (Å²) in [6, 6.07) is 14.4. The quantitative estimate of drug-likeness (QED) is 0.782. The fourth-order valence-corrected chi connectivity index (χ4v) is 4.78. The Morgan fingerprint density at radius 1 is 1.25 bits per heavy atom. The van der Waals surface area contributed by atoms with Crippen molar-refractivity contribution in [2.24, 2.45) is 0 Å². The summed E-state index contributed by atoms with van der Waals surface area (Å²) in [6.45, 7) is 1.99. The van der Waals surface area contributed by atoms with Gasteiger partial charge >= 0.3 is 0 Å². The van der Waals surface area contributed by atoms with Gasteiger partial charge in [-0.2, -0.15) is 0 Å². The molecule has 3 nitrogen and oxygen atoms in total. The van der Waals surface area contributed by atoms with Crippen molar-refractivity contribution in [2.75, 3.05) is 0 Å². The molecule has 5 rings (SSSR count). The molecule has 2 aromatic rings.